The number of nitrogens with zero attached hydrogens (tertiary/aromatic N) is 1. The van der Waals surface area contributed by atoms with Crippen molar-refractivity contribution in [2.75, 3.05) is 20.3 Å². The van der Waals surface area contributed by atoms with Crippen LogP contribution in [-0.2, 0) is 4.74 Å². The van der Waals surface area contributed by atoms with Crippen LogP contribution in [0.2, 0.25) is 0 Å². The zero-order valence-electron chi connectivity index (χ0n) is 10.9. The normalized spacial score (nSPS) is 44.1. The van der Waals surface area contributed by atoms with E-state index in [1.807, 2.05) is 0 Å². The fraction of sp³-hybridized carbons (Fsp3) is 1.00. The summed E-state index contributed by atoms with van der Waals surface area (Å²) in [4.78, 5) is 2.42. The number of likely N-dealkylation sites (N-methyl/N-ethyl adjacent to an activating group) is 1. The Balaban J connectivity index is 1.66. The van der Waals surface area contributed by atoms with Gasteiger partial charge in [0.2, 0.25) is 0 Å². The molecule has 0 aromatic rings. The molecule has 1 aliphatic carbocycles. The molecule has 17 heavy (non-hydrogen) atoms. The first kappa shape index (κ1) is 11.9. The summed E-state index contributed by atoms with van der Waals surface area (Å²) in [5.74, 6) is 0.782. The average molecular weight is 239 g/mol. The van der Waals surface area contributed by atoms with E-state index in [0.717, 1.165) is 38.4 Å². The Morgan fingerprint density at radius 3 is 2.35 bits per heavy atom. The maximum absolute atomic E-state index is 10.9. The third kappa shape index (κ3) is 2.38. The van der Waals surface area contributed by atoms with Gasteiger partial charge < -0.3 is 9.84 Å². The molecule has 1 N–H and O–H groups in total. The van der Waals surface area contributed by atoms with Crippen molar-refractivity contribution < 1.29 is 9.84 Å². The molecule has 2 heterocycles. The molecule has 1 saturated carbocycles. The van der Waals surface area contributed by atoms with Crippen LogP contribution >= 0.6 is 0 Å². The van der Waals surface area contributed by atoms with E-state index >= 15 is 0 Å². The summed E-state index contributed by atoms with van der Waals surface area (Å²) >= 11 is 0. The van der Waals surface area contributed by atoms with Crippen LogP contribution < -0.4 is 0 Å². The van der Waals surface area contributed by atoms with E-state index in [2.05, 4.69) is 11.9 Å². The molecule has 2 aliphatic heterocycles. The van der Waals surface area contributed by atoms with Crippen molar-refractivity contribution in [1.29, 1.82) is 0 Å². The lowest BCUT2D eigenvalue weighted by Gasteiger charge is -2.50. The lowest BCUT2D eigenvalue weighted by molar-refractivity contribution is -0.140. The van der Waals surface area contributed by atoms with Crippen molar-refractivity contribution in [3.63, 3.8) is 0 Å². The number of fused-ring (bicyclic) bond motifs is 2. The Morgan fingerprint density at radius 2 is 1.76 bits per heavy atom. The zero-order valence-corrected chi connectivity index (χ0v) is 10.9. The largest absolute Gasteiger partial charge is 0.390 e. The molecule has 0 spiro atoms. The minimum Gasteiger partial charge on any atom is -0.390 e. The van der Waals surface area contributed by atoms with Gasteiger partial charge in [-0.25, -0.2) is 0 Å². The highest BCUT2D eigenvalue weighted by molar-refractivity contribution is 4.99. The molecular weight excluding hydrogens is 214 g/mol. The Morgan fingerprint density at radius 1 is 1.18 bits per heavy atom. The molecule has 2 unspecified atom stereocenters. The summed E-state index contributed by atoms with van der Waals surface area (Å²) in [7, 11) is 2.19. The van der Waals surface area contributed by atoms with Gasteiger partial charge in [0.05, 0.1) is 18.8 Å². The monoisotopic (exact) mass is 239 g/mol. The SMILES string of the molecule is CN1C2COCC1CC(O)(CC1CCCC1)C2. The van der Waals surface area contributed by atoms with Crippen LogP contribution in [0.1, 0.15) is 44.9 Å². The van der Waals surface area contributed by atoms with E-state index < -0.39 is 5.60 Å². The minimum absolute atomic E-state index is 0.402. The molecule has 0 radical (unpaired) electrons. The predicted molar refractivity (Wildman–Crippen MR) is 66.9 cm³/mol. The van der Waals surface area contributed by atoms with Gasteiger partial charge in [0.15, 0.2) is 0 Å². The van der Waals surface area contributed by atoms with Crippen molar-refractivity contribution in [1.82, 2.24) is 4.90 Å². The molecule has 2 saturated heterocycles. The number of hydrogen-bond acceptors (Lipinski definition) is 3. The molecule has 0 amide bonds. The van der Waals surface area contributed by atoms with Gasteiger partial charge in [0.1, 0.15) is 0 Å². The summed E-state index contributed by atoms with van der Waals surface area (Å²) in [6.07, 6.45) is 8.28. The van der Waals surface area contributed by atoms with Gasteiger partial charge >= 0.3 is 0 Å². The highest BCUT2D eigenvalue weighted by atomic mass is 16.5. The van der Waals surface area contributed by atoms with Crippen molar-refractivity contribution in [3.05, 3.63) is 0 Å². The fourth-order valence-corrected chi connectivity index (χ4v) is 4.16. The molecular formula is C14H25NO2. The number of rotatable bonds is 2. The van der Waals surface area contributed by atoms with Crippen LogP contribution in [-0.4, -0.2) is 48.0 Å². The second kappa shape index (κ2) is 4.52. The lowest BCUT2D eigenvalue weighted by atomic mass is 9.76. The molecule has 3 nitrogen and oxygen atoms in total. The van der Waals surface area contributed by atoms with Crippen LogP contribution in [0.15, 0.2) is 0 Å². The molecule has 2 bridgehead atoms. The van der Waals surface area contributed by atoms with E-state index in [1.54, 1.807) is 0 Å². The topological polar surface area (TPSA) is 32.7 Å². The van der Waals surface area contributed by atoms with Gasteiger partial charge in [-0.15, -0.1) is 0 Å². The second-order valence-electron chi connectivity index (χ2n) is 6.50. The maximum Gasteiger partial charge on any atom is 0.0682 e. The van der Waals surface area contributed by atoms with E-state index in [0.29, 0.717) is 12.1 Å². The first-order chi connectivity index (χ1) is 8.16. The van der Waals surface area contributed by atoms with Crippen LogP contribution in [0.4, 0.5) is 0 Å². The molecule has 98 valence electrons. The van der Waals surface area contributed by atoms with Gasteiger partial charge in [0.25, 0.3) is 0 Å². The van der Waals surface area contributed by atoms with Crippen LogP contribution in [0.25, 0.3) is 0 Å². The Kier molecular flexibility index (Phi) is 3.18. The fourth-order valence-electron chi connectivity index (χ4n) is 4.16. The smallest absolute Gasteiger partial charge is 0.0682 e. The second-order valence-corrected chi connectivity index (χ2v) is 6.50. The predicted octanol–water partition coefficient (Wildman–Crippen LogP) is 1.79. The molecule has 3 fully saturated rings. The third-order valence-corrected chi connectivity index (χ3v) is 5.15. The maximum atomic E-state index is 10.9. The highest BCUT2D eigenvalue weighted by Gasteiger charge is 2.45. The number of aliphatic hydroxyl groups is 1. The Labute approximate surface area is 104 Å². The van der Waals surface area contributed by atoms with E-state index in [9.17, 15) is 5.11 Å². The lowest BCUT2D eigenvalue weighted by Crippen LogP contribution is -2.60. The zero-order chi connectivity index (χ0) is 11.9. The number of hydrogen-bond donors (Lipinski definition) is 1. The van der Waals surface area contributed by atoms with Gasteiger partial charge in [0, 0.05) is 12.1 Å². The molecule has 3 aliphatic rings. The summed E-state index contributed by atoms with van der Waals surface area (Å²) in [6.45, 7) is 1.61. The summed E-state index contributed by atoms with van der Waals surface area (Å²) in [5.41, 5.74) is -0.402. The van der Waals surface area contributed by atoms with E-state index in [4.69, 9.17) is 4.74 Å². The summed E-state index contributed by atoms with van der Waals surface area (Å²) in [6, 6.07) is 0.878. The van der Waals surface area contributed by atoms with Crippen molar-refractivity contribution in [2.45, 2.75) is 62.6 Å². The van der Waals surface area contributed by atoms with Gasteiger partial charge in [-0.3, -0.25) is 4.90 Å². The van der Waals surface area contributed by atoms with E-state index in [-0.39, 0.29) is 0 Å². The highest BCUT2D eigenvalue weighted by Crippen LogP contribution is 2.40. The van der Waals surface area contributed by atoms with Crippen LogP contribution in [0.5, 0.6) is 0 Å². The number of piperidine rings is 1. The minimum atomic E-state index is -0.402. The van der Waals surface area contributed by atoms with Crippen molar-refractivity contribution in [3.8, 4) is 0 Å². The number of morpholine rings is 1. The Bertz CT molecular complexity index is 256. The quantitative estimate of drug-likeness (QED) is 0.797. The molecule has 0 aromatic heterocycles. The first-order valence-electron chi connectivity index (χ1n) is 7.18. The Hall–Kier alpha value is -0.120. The molecule has 3 heteroatoms. The van der Waals surface area contributed by atoms with Gasteiger partial charge in [-0.2, -0.15) is 0 Å². The molecule has 0 aromatic carbocycles. The standard InChI is InChI=1S/C14H25NO2/c1-15-12-7-14(16,6-11-4-2-3-5-11)8-13(15)10-17-9-12/h11-13,16H,2-10H2,1H3. The molecule has 3 rings (SSSR count). The summed E-state index contributed by atoms with van der Waals surface area (Å²) in [5, 5.41) is 10.9. The van der Waals surface area contributed by atoms with Crippen molar-refractivity contribution >= 4 is 0 Å². The summed E-state index contributed by atoms with van der Waals surface area (Å²) < 4.78 is 5.62. The number of ether oxygens (including phenoxy) is 1. The van der Waals surface area contributed by atoms with Crippen molar-refractivity contribution in [2.24, 2.45) is 5.92 Å². The van der Waals surface area contributed by atoms with Gasteiger partial charge in [-0.05, 0) is 32.2 Å². The first-order valence-corrected chi connectivity index (χ1v) is 7.18. The van der Waals surface area contributed by atoms with E-state index in [1.165, 1.54) is 25.7 Å². The van der Waals surface area contributed by atoms with Gasteiger partial charge in [-0.1, -0.05) is 25.7 Å². The third-order valence-electron chi connectivity index (χ3n) is 5.15. The van der Waals surface area contributed by atoms with Crippen LogP contribution in [0, 0.1) is 5.92 Å². The molecule has 2 atom stereocenters. The average Bonchev–Trinajstić information content (AvgIpc) is 2.73. The van der Waals surface area contributed by atoms with Crippen LogP contribution in [0.3, 0.4) is 0 Å².